The van der Waals surface area contributed by atoms with Crippen molar-refractivity contribution in [3.63, 3.8) is 0 Å². The summed E-state index contributed by atoms with van der Waals surface area (Å²) in [5.41, 5.74) is 0.215. The summed E-state index contributed by atoms with van der Waals surface area (Å²) >= 11 is 0. The van der Waals surface area contributed by atoms with E-state index in [4.69, 9.17) is 13.9 Å². The van der Waals surface area contributed by atoms with E-state index < -0.39 is 23.4 Å². The highest BCUT2D eigenvalue weighted by Crippen LogP contribution is 2.23. The summed E-state index contributed by atoms with van der Waals surface area (Å²) in [6.07, 6.45) is -1.23. The van der Waals surface area contributed by atoms with Crippen LogP contribution in [0.5, 0.6) is 0 Å². The van der Waals surface area contributed by atoms with Crippen LogP contribution in [0.4, 0.5) is 21.3 Å². The molecule has 0 saturated carbocycles. The van der Waals surface area contributed by atoms with Gasteiger partial charge in [0.2, 0.25) is 0 Å². The van der Waals surface area contributed by atoms with Gasteiger partial charge in [-0.3, -0.25) is 5.32 Å². The standard InChI is InChI=1S/C17H23N3O5/c1-16(2,3)24-14(21)18-10-7-8-12-11(9-10)19-13(23-12)20-15(22)25-17(4,5)6/h7-9H,1-6H3,(H,18,21)(H,19,20,22). The molecule has 0 fully saturated rings. The second-order valence-electron chi connectivity index (χ2n) is 7.46. The van der Waals surface area contributed by atoms with Crippen LogP contribution in [0.15, 0.2) is 22.6 Å². The molecule has 0 saturated heterocycles. The number of carbonyl (C=O) groups is 2. The van der Waals surface area contributed by atoms with E-state index in [0.29, 0.717) is 16.8 Å². The molecule has 0 unspecified atom stereocenters. The normalized spacial score (nSPS) is 11.9. The lowest BCUT2D eigenvalue weighted by Gasteiger charge is -2.19. The lowest BCUT2D eigenvalue weighted by molar-refractivity contribution is 0.0622. The minimum absolute atomic E-state index is 0.0127. The molecule has 2 N–H and O–H groups in total. The number of rotatable bonds is 2. The zero-order chi connectivity index (χ0) is 18.8. The maximum Gasteiger partial charge on any atom is 0.415 e. The molecule has 8 nitrogen and oxygen atoms in total. The molecular weight excluding hydrogens is 326 g/mol. The van der Waals surface area contributed by atoms with E-state index in [1.54, 1.807) is 59.7 Å². The first-order chi connectivity index (χ1) is 11.4. The number of ether oxygens (including phenoxy) is 2. The molecule has 0 spiro atoms. The third-order valence-electron chi connectivity index (χ3n) is 2.64. The molecule has 1 heterocycles. The highest BCUT2D eigenvalue weighted by atomic mass is 16.6. The van der Waals surface area contributed by atoms with E-state index in [2.05, 4.69) is 15.6 Å². The molecule has 25 heavy (non-hydrogen) atoms. The summed E-state index contributed by atoms with van der Waals surface area (Å²) in [6, 6.07) is 4.91. The Hall–Kier alpha value is -2.77. The van der Waals surface area contributed by atoms with Crippen LogP contribution in [0.3, 0.4) is 0 Å². The van der Waals surface area contributed by atoms with Crippen molar-refractivity contribution in [2.75, 3.05) is 10.6 Å². The molecule has 0 aliphatic rings. The zero-order valence-corrected chi connectivity index (χ0v) is 15.2. The Bertz CT molecular complexity index is 756. The number of nitrogens with one attached hydrogen (secondary N) is 2. The Morgan fingerprint density at radius 2 is 1.52 bits per heavy atom. The Kier molecular flexibility index (Phi) is 4.92. The third-order valence-corrected chi connectivity index (χ3v) is 2.64. The molecule has 0 aliphatic heterocycles. The molecule has 2 amide bonds. The van der Waals surface area contributed by atoms with Crippen molar-refractivity contribution in [3.05, 3.63) is 18.2 Å². The van der Waals surface area contributed by atoms with Crippen molar-refractivity contribution in [2.24, 2.45) is 0 Å². The molecule has 0 aliphatic carbocycles. The Morgan fingerprint density at radius 3 is 2.08 bits per heavy atom. The topological polar surface area (TPSA) is 103 Å². The van der Waals surface area contributed by atoms with Crippen LogP contribution >= 0.6 is 0 Å². The Morgan fingerprint density at radius 1 is 0.960 bits per heavy atom. The first-order valence-corrected chi connectivity index (χ1v) is 7.82. The lowest BCUT2D eigenvalue weighted by Crippen LogP contribution is -2.27. The predicted octanol–water partition coefficient (Wildman–Crippen LogP) is 4.52. The van der Waals surface area contributed by atoms with Gasteiger partial charge in [0, 0.05) is 5.69 Å². The van der Waals surface area contributed by atoms with E-state index in [0.717, 1.165) is 0 Å². The average Bonchev–Trinajstić information content (AvgIpc) is 2.74. The van der Waals surface area contributed by atoms with Gasteiger partial charge in [-0.25, -0.2) is 14.9 Å². The summed E-state index contributed by atoms with van der Waals surface area (Å²) in [6.45, 7) is 10.6. The van der Waals surface area contributed by atoms with E-state index >= 15 is 0 Å². The second-order valence-corrected chi connectivity index (χ2v) is 7.46. The van der Waals surface area contributed by atoms with Crippen molar-refractivity contribution in [2.45, 2.75) is 52.7 Å². The van der Waals surface area contributed by atoms with Gasteiger partial charge in [-0.2, -0.15) is 4.98 Å². The van der Waals surface area contributed by atoms with Gasteiger partial charge in [0.25, 0.3) is 0 Å². The Labute approximate surface area is 145 Å². The SMILES string of the molecule is CC(C)(C)OC(=O)Nc1ccc2oc(NC(=O)OC(C)(C)C)nc2c1. The number of fused-ring (bicyclic) bond motifs is 1. The quantitative estimate of drug-likeness (QED) is 0.826. The number of anilines is 2. The van der Waals surface area contributed by atoms with Gasteiger partial charge < -0.3 is 13.9 Å². The summed E-state index contributed by atoms with van der Waals surface area (Å²) in [5, 5.41) is 5.05. The molecule has 1 aromatic carbocycles. The number of aromatic nitrogens is 1. The second kappa shape index (κ2) is 6.62. The van der Waals surface area contributed by atoms with E-state index in [9.17, 15) is 9.59 Å². The molecule has 2 aromatic rings. The van der Waals surface area contributed by atoms with Gasteiger partial charge in [0.15, 0.2) is 5.58 Å². The minimum atomic E-state index is -0.661. The number of amides is 2. The number of carbonyl (C=O) groups excluding carboxylic acids is 2. The lowest BCUT2D eigenvalue weighted by atomic mass is 10.2. The maximum absolute atomic E-state index is 11.8. The number of hydrogen-bond acceptors (Lipinski definition) is 6. The monoisotopic (exact) mass is 349 g/mol. The fourth-order valence-corrected chi connectivity index (χ4v) is 1.87. The van der Waals surface area contributed by atoms with Crippen LogP contribution < -0.4 is 10.6 Å². The van der Waals surface area contributed by atoms with Crippen molar-refractivity contribution in [1.82, 2.24) is 4.98 Å². The van der Waals surface area contributed by atoms with Gasteiger partial charge in [-0.1, -0.05) is 0 Å². The van der Waals surface area contributed by atoms with E-state index in [1.807, 2.05) is 0 Å². The first-order valence-electron chi connectivity index (χ1n) is 7.82. The molecule has 0 atom stereocenters. The van der Waals surface area contributed by atoms with Crippen LogP contribution in [-0.2, 0) is 9.47 Å². The van der Waals surface area contributed by atoms with Crippen LogP contribution in [0.1, 0.15) is 41.5 Å². The van der Waals surface area contributed by atoms with E-state index in [-0.39, 0.29) is 6.01 Å². The summed E-state index contributed by atoms with van der Waals surface area (Å²) in [7, 11) is 0. The fraction of sp³-hybridized carbons (Fsp3) is 0.471. The highest BCUT2D eigenvalue weighted by Gasteiger charge is 2.19. The van der Waals surface area contributed by atoms with Gasteiger partial charge >= 0.3 is 18.2 Å². The number of hydrogen-bond donors (Lipinski definition) is 2. The van der Waals surface area contributed by atoms with Gasteiger partial charge in [-0.15, -0.1) is 0 Å². The van der Waals surface area contributed by atoms with Gasteiger partial charge in [-0.05, 0) is 59.7 Å². The van der Waals surface area contributed by atoms with Crippen molar-refractivity contribution >= 4 is 35.0 Å². The number of nitrogens with zero attached hydrogens (tertiary/aromatic N) is 1. The fourth-order valence-electron chi connectivity index (χ4n) is 1.87. The van der Waals surface area contributed by atoms with Crippen molar-refractivity contribution in [3.8, 4) is 0 Å². The highest BCUT2D eigenvalue weighted by molar-refractivity contribution is 5.89. The van der Waals surface area contributed by atoms with Crippen molar-refractivity contribution in [1.29, 1.82) is 0 Å². The molecule has 0 bridgehead atoms. The smallest absolute Gasteiger partial charge is 0.415 e. The Balaban J connectivity index is 2.08. The molecule has 0 radical (unpaired) electrons. The first kappa shape index (κ1) is 18.6. The summed E-state index contributed by atoms with van der Waals surface area (Å²) in [4.78, 5) is 27.7. The number of benzene rings is 1. The van der Waals surface area contributed by atoms with E-state index in [1.165, 1.54) is 0 Å². The molecule has 8 heteroatoms. The molecule has 2 rings (SSSR count). The largest absolute Gasteiger partial charge is 0.444 e. The summed E-state index contributed by atoms with van der Waals surface area (Å²) in [5.74, 6) is 0. The molecular formula is C17H23N3O5. The van der Waals surface area contributed by atoms with Crippen LogP contribution in [0.2, 0.25) is 0 Å². The zero-order valence-electron chi connectivity index (χ0n) is 15.2. The summed E-state index contributed by atoms with van der Waals surface area (Å²) < 4.78 is 15.8. The minimum Gasteiger partial charge on any atom is -0.444 e. The predicted molar refractivity (Wildman–Crippen MR) is 93.7 cm³/mol. The maximum atomic E-state index is 11.8. The van der Waals surface area contributed by atoms with Crippen LogP contribution in [0, 0.1) is 0 Å². The van der Waals surface area contributed by atoms with Crippen LogP contribution in [-0.4, -0.2) is 28.4 Å². The number of oxazole rings is 1. The van der Waals surface area contributed by atoms with Gasteiger partial charge in [0.1, 0.15) is 16.7 Å². The molecule has 136 valence electrons. The van der Waals surface area contributed by atoms with Crippen LogP contribution in [0.25, 0.3) is 11.1 Å². The third kappa shape index (κ3) is 5.98. The average molecular weight is 349 g/mol. The van der Waals surface area contributed by atoms with Crippen molar-refractivity contribution < 1.29 is 23.5 Å². The van der Waals surface area contributed by atoms with Gasteiger partial charge in [0.05, 0.1) is 0 Å². The molecule has 1 aromatic heterocycles.